The average Bonchev–Trinajstić information content (AvgIpc) is 3.22. The minimum Gasteiger partial charge on any atom is -0.350 e. The number of aryl methyl sites for hydroxylation is 1. The van der Waals surface area contributed by atoms with Crippen LogP contribution in [0.15, 0.2) is 54.6 Å². The van der Waals surface area contributed by atoms with Gasteiger partial charge in [0.25, 0.3) is 0 Å². The Hall–Kier alpha value is -2.09. The molecule has 204 valence electrons. The highest BCUT2D eigenvalue weighted by Gasteiger charge is 2.45. The van der Waals surface area contributed by atoms with Gasteiger partial charge in [0.2, 0.25) is 11.8 Å². The molecule has 4 rings (SSSR count). The van der Waals surface area contributed by atoms with Crippen molar-refractivity contribution in [2.75, 3.05) is 13.1 Å². The molecule has 9 heteroatoms. The van der Waals surface area contributed by atoms with E-state index in [1.807, 2.05) is 37.3 Å². The first-order valence-corrected chi connectivity index (χ1v) is 14.2. The molecular formula is C29H35Cl3N4O2. The van der Waals surface area contributed by atoms with Crippen molar-refractivity contribution >= 4 is 46.6 Å². The highest BCUT2D eigenvalue weighted by Crippen LogP contribution is 2.31. The molecule has 2 aliphatic heterocycles. The van der Waals surface area contributed by atoms with Gasteiger partial charge in [-0.1, -0.05) is 58.6 Å². The van der Waals surface area contributed by atoms with Gasteiger partial charge in [0, 0.05) is 36.7 Å². The lowest BCUT2D eigenvalue weighted by molar-refractivity contribution is -0.142. The molecule has 0 radical (unpaired) electrons. The summed E-state index contributed by atoms with van der Waals surface area (Å²) in [7, 11) is 0. The van der Waals surface area contributed by atoms with E-state index in [0.717, 1.165) is 35.4 Å². The molecular weight excluding hydrogens is 543 g/mol. The van der Waals surface area contributed by atoms with Crippen LogP contribution in [-0.2, 0) is 22.6 Å². The van der Waals surface area contributed by atoms with Crippen molar-refractivity contribution in [3.63, 3.8) is 0 Å². The van der Waals surface area contributed by atoms with Crippen molar-refractivity contribution in [2.24, 2.45) is 5.73 Å². The van der Waals surface area contributed by atoms with Crippen molar-refractivity contribution < 1.29 is 9.59 Å². The number of nitrogens with one attached hydrogen (secondary N) is 1. The van der Waals surface area contributed by atoms with Crippen LogP contribution in [0.2, 0.25) is 15.1 Å². The number of hydrogen-bond donors (Lipinski definition) is 2. The van der Waals surface area contributed by atoms with E-state index in [0.29, 0.717) is 36.0 Å². The summed E-state index contributed by atoms with van der Waals surface area (Å²) in [5, 5.41) is 4.61. The molecule has 6 nitrogen and oxygen atoms in total. The summed E-state index contributed by atoms with van der Waals surface area (Å²) in [5.74, 6) is -0.233. The molecule has 2 aromatic carbocycles. The SMILES string of the molecule is C=C(C)C[C@H](C(=O)NCc1ccc(Cl)c(Cl)c1)N1CCC(CCc2ccc(Cl)cc2)N2C[C@H](N)C[C@H]2C1=O. The first kappa shape index (κ1) is 28.9. The van der Waals surface area contributed by atoms with E-state index in [1.165, 1.54) is 5.56 Å². The fourth-order valence-corrected chi connectivity index (χ4v) is 5.98. The van der Waals surface area contributed by atoms with E-state index in [-0.39, 0.29) is 36.5 Å². The predicted molar refractivity (Wildman–Crippen MR) is 155 cm³/mol. The number of nitrogens with two attached hydrogens (primary N) is 1. The molecule has 38 heavy (non-hydrogen) atoms. The van der Waals surface area contributed by atoms with Crippen LogP contribution >= 0.6 is 34.8 Å². The zero-order valence-electron chi connectivity index (χ0n) is 21.6. The van der Waals surface area contributed by atoms with Crippen LogP contribution < -0.4 is 11.1 Å². The molecule has 0 bridgehead atoms. The van der Waals surface area contributed by atoms with Crippen LogP contribution in [0.5, 0.6) is 0 Å². The van der Waals surface area contributed by atoms with Crippen LogP contribution in [-0.4, -0.2) is 58.9 Å². The quantitative estimate of drug-likeness (QED) is 0.400. The Labute approximate surface area is 240 Å². The predicted octanol–water partition coefficient (Wildman–Crippen LogP) is 5.23. The van der Waals surface area contributed by atoms with Gasteiger partial charge in [-0.2, -0.15) is 0 Å². The molecule has 2 aromatic rings. The molecule has 2 saturated heterocycles. The van der Waals surface area contributed by atoms with E-state index in [1.54, 1.807) is 17.0 Å². The Kier molecular flexibility index (Phi) is 9.77. The molecule has 2 heterocycles. The van der Waals surface area contributed by atoms with Gasteiger partial charge in [0.15, 0.2) is 0 Å². The maximum absolute atomic E-state index is 13.9. The zero-order chi connectivity index (χ0) is 27.4. The normalized spacial score (nSPS) is 22.6. The molecule has 3 N–H and O–H groups in total. The Morgan fingerprint density at radius 1 is 1.13 bits per heavy atom. The molecule has 0 aliphatic carbocycles. The minimum absolute atomic E-state index is 0.0251. The summed E-state index contributed by atoms with van der Waals surface area (Å²) in [5.41, 5.74) is 9.24. The number of halogens is 3. The Morgan fingerprint density at radius 2 is 1.84 bits per heavy atom. The Bertz CT molecular complexity index is 1170. The summed E-state index contributed by atoms with van der Waals surface area (Å²) in [6, 6.07) is 12.3. The van der Waals surface area contributed by atoms with Crippen LogP contribution in [0.25, 0.3) is 0 Å². The zero-order valence-corrected chi connectivity index (χ0v) is 23.9. The van der Waals surface area contributed by atoms with Crippen LogP contribution in [0.3, 0.4) is 0 Å². The number of fused-ring (bicyclic) bond motifs is 1. The molecule has 0 saturated carbocycles. The number of hydrogen-bond acceptors (Lipinski definition) is 4. The number of carbonyl (C=O) groups is 2. The minimum atomic E-state index is -0.642. The van der Waals surface area contributed by atoms with Gasteiger partial charge in [-0.05, 0) is 74.4 Å². The van der Waals surface area contributed by atoms with Crippen molar-refractivity contribution in [2.45, 2.75) is 69.7 Å². The first-order valence-electron chi connectivity index (χ1n) is 13.0. The second-order valence-corrected chi connectivity index (χ2v) is 11.7. The second-order valence-electron chi connectivity index (χ2n) is 10.5. The largest absolute Gasteiger partial charge is 0.350 e. The van der Waals surface area contributed by atoms with Gasteiger partial charge in [-0.25, -0.2) is 0 Å². The fraction of sp³-hybridized carbons (Fsp3) is 0.448. The summed E-state index contributed by atoms with van der Waals surface area (Å²) in [4.78, 5) is 31.4. The van der Waals surface area contributed by atoms with Crippen molar-refractivity contribution in [3.05, 3.63) is 80.8 Å². The van der Waals surface area contributed by atoms with Crippen molar-refractivity contribution in [3.8, 4) is 0 Å². The summed E-state index contributed by atoms with van der Waals surface area (Å²) >= 11 is 18.2. The average molecular weight is 578 g/mol. The smallest absolute Gasteiger partial charge is 0.243 e. The van der Waals surface area contributed by atoms with Gasteiger partial charge >= 0.3 is 0 Å². The maximum Gasteiger partial charge on any atom is 0.243 e. The highest BCUT2D eigenvalue weighted by molar-refractivity contribution is 6.42. The number of nitrogens with zero attached hydrogens (tertiary/aromatic N) is 2. The molecule has 2 fully saturated rings. The van der Waals surface area contributed by atoms with Crippen LogP contribution in [0, 0.1) is 0 Å². The molecule has 0 aromatic heterocycles. The van der Waals surface area contributed by atoms with Gasteiger partial charge in [0.05, 0.1) is 16.1 Å². The number of carbonyl (C=O) groups excluding carboxylic acids is 2. The van der Waals surface area contributed by atoms with E-state index >= 15 is 0 Å². The Balaban J connectivity index is 1.50. The maximum atomic E-state index is 13.9. The topological polar surface area (TPSA) is 78.7 Å². The van der Waals surface area contributed by atoms with Gasteiger partial charge in [-0.15, -0.1) is 6.58 Å². The molecule has 0 spiro atoms. The Morgan fingerprint density at radius 3 is 2.53 bits per heavy atom. The van der Waals surface area contributed by atoms with Crippen molar-refractivity contribution in [1.82, 2.24) is 15.1 Å². The highest BCUT2D eigenvalue weighted by atomic mass is 35.5. The van der Waals surface area contributed by atoms with E-state index in [4.69, 9.17) is 40.5 Å². The van der Waals surface area contributed by atoms with Crippen LogP contribution in [0.4, 0.5) is 0 Å². The summed E-state index contributed by atoms with van der Waals surface area (Å²) < 4.78 is 0. The van der Waals surface area contributed by atoms with E-state index in [2.05, 4.69) is 16.8 Å². The lowest BCUT2D eigenvalue weighted by Gasteiger charge is -2.32. The third-order valence-corrected chi connectivity index (χ3v) is 8.45. The first-order chi connectivity index (χ1) is 18.1. The summed E-state index contributed by atoms with van der Waals surface area (Å²) in [6.45, 7) is 7.39. The standard InChI is InChI=1S/C29H35Cl3N4O2/c1-18(2)13-26(28(37)34-16-20-6-10-24(31)25(32)14-20)35-12-11-23(9-5-19-3-7-21(30)8-4-19)36-17-22(33)15-27(36)29(35)38/h3-4,6-8,10,14,22-23,26-27H,1,5,9,11-13,15-17,33H2,2H3,(H,34,37)/t22-,23?,26-,27+/m1/s1. The molecule has 1 unspecified atom stereocenters. The van der Waals surface area contributed by atoms with Gasteiger partial charge in [-0.3, -0.25) is 14.5 Å². The van der Waals surface area contributed by atoms with Crippen LogP contribution in [0.1, 0.15) is 43.7 Å². The third kappa shape index (κ3) is 7.10. The lowest BCUT2D eigenvalue weighted by Crippen LogP contribution is -2.53. The molecule has 4 atom stereocenters. The number of amides is 2. The number of benzene rings is 2. The van der Waals surface area contributed by atoms with Gasteiger partial charge in [0.1, 0.15) is 6.04 Å². The summed E-state index contributed by atoms with van der Waals surface area (Å²) in [6.07, 6.45) is 3.55. The van der Waals surface area contributed by atoms with Crippen molar-refractivity contribution in [1.29, 1.82) is 0 Å². The van der Waals surface area contributed by atoms with E-state index < -0.39 is 6.04 Å². The molecule has 2 amide bonds. The lowest BCUT2D eigenvalue weighted by atomic mass is 10.0. The molecule has 2 aliphatic rings. The van der Waals surface area contributed by atoms with Gasteiger partial charge < -0.3 is 16.0 Å². The third-order valence-electron chi connectivity index (χ3n) is 7.46. The fourth-order valence-electron chi connectivity index (χ4n) is 5.53. The van der Waals surface area contributed by atoms with E-state index in [9.17, 15) is 9.59 Å². The monoisotopic (exact) mass is 576 g/mol. The second kappa shape index (κ2) is 12.8. The number of rotatable bonds is 9.